The molecule has 3 aromatic rings. The van der Waals surface area contributed by atoms with E-state index in [1.165, 1.54) is 0 Å². The summed E-state index contributed by atoms with van der Waals surface area (Å²) in [5.41, 5.74) is 2.39. The highest BCUT2D eigenvalue weighted by Crippen LogP contribution is 2.35. The Bertz CT molecular complexity index is 981. The van der Waals surface area contributed by atoms with Crippen molar-refractivity contribution in [2.45, 2.75) is 38.4 Å². The summed E-state index contributed by atoms with van der Waals surface area (Å²) in [7, 11) is 1.60. The number of tetrazole rings is 1. The molecule has 1 unspecified atom stereocenters. The lowest BCUT2D eigenvalue weighted by atomic mass is 10.1. The van der Waals surface area contributed by atoms with Gasteiger partial charge in [-0.25, -0.2) is 4.68 Å². The van der Waals surface area contributed by atoms with E-state index in [2.05, 4.69) is 33.1 Å². The summed E-state index contributed by atoms with van der Waals surface area (Å²) in [4.78, 5) is 12.5. The first-order valence-electron chi connectivity index (χ1n) is 9.69. The predicted molar refractivity (Wildman–Crippen MR) is 109 cm³/mol. The number of benzene rings is 2. The Morgan fingerprint density at radius 1 is 1.24 bits per heavy atom. The van der Waals surface area contributed by atoms with E-state index in [-0.39, 0.29) is 11.9 Å². The molecule has 1 fully saturated rings. The van der Waals surface area contributed by atoms with Crippen LogP contribution >= 0.6 is 0 Å². The minimum Gasteiger partial charge on any atom is -0.497 e. The Morgan fingerprint density at radius 2 is 2.03 bits per heavy atom. The molecule has 0 radical (unpaired) electrons. The lowest BCUT2D eigenvalue weighted by Crippen LogP contribution is -2.22. The highest BCUT2D eigenvalue weighted by atomic mass is 16.5. The first-order chi connectivity index (χ1) is 14.1. The van der Waals surface area contributed by atoms with Gasteiger partial charge in [-0.3, -0.25) is 4.79 Å². The largest absolute Gasteiger partial charge is 0.497 e. The number of rotatable bonds is 8. The van der Waals surface area contributed by atoms with Gasteiger partial charge in [0.25, 0.3) is 5.91 Å². The predicted octanol–water partition coefficient (Wildman–Crippen LogP) is 3.12. The summed E-state index contributed by atoms with van der Waals surface area (Å²) >= 11 is 0. The molecule has 150 valence electrons. The smallest absolute Gasteiger partial charge is 0.255 e. The van der Waals surface area contributed by atoms with Crippen LogP contribution in [-0.4, -0.2) is 33.2 Å². The van der Waals surface area contributed by atoms with E-state index in [9.17, 15) is 4.79 Å². The van der Waals surface area contributed by atoms with Gasteiger partial charge in [-0.15, -0.1) is 5.10 Å². The fourth-order valence-corrected chi connectivity index (χ4v) is 3.13. The van der Waals surface area contributed by atoms with Gasteiger partial charge in [0.2, 0.25) is 0 Å². The van der Waals surface area contributed by atoms with E-state index >= 15 is 0 Å². The second-order valence-electron chi connectivity index (χ2n) is 7.20. The third-order valence-corrected chi connectivity index (χ3v) is 4.95. The molecule has 0 spiro atoms. The number of ether oxygens (including phenoxy) is 1. The van der Waals surface area contributed by atoms with Crippen LogP contribution in [0.15, 0.2) is 48.5 Å². The Labute approximate surface area is 169 Å². The SMILES string of the molecule is COc1ccc(C(=O)Nc2cccc(CNC(C)c3nnnn3C3CC3)c2)cc1. The number of anilines is 1. The number of methoxy groups -OCH3 is 1. The average molecular weight is 392 g/mol. The maximum Gasteiger partial charge on any atom is 0.255 e. The molecule has 1 atom stereocenters. The van der Waals surface area contributed by atoms with Crippen molar-refractivity contribution in [1.82, 2.24) is 25.5 Å². The molecule has 1 saturated carbocycles. The first-order valence-corrected chi connectivity index (χ1v) is 9.69. The van der Waals surface area contributed by atoms with E-state index in [4.69, 9.17) is 4.74 Å². The van der Waals surface area contributed by atoms with Gasteiger partial charge >= 0.3 is 0 Å². The van der Waals surface area contributed by atoms with Gasteiger partial charge < -0.3 is 15.4 Å². The molecule has 2 aromatic carbocycles. The average Bonchev–Trinajstić information content (AvgIpc) is 3.48. The quantitative estimate of drug-likeness (QED) is 0.612. The lowest BCUT2D eigenvalue weighted by Gasteiger charge is -2.14. The van der Waals surface area contributed by atoms with Crippen LogP contribution in [-0.2, 0) is 6.54 Å². The van der Waals surface area contributed by atoms with Crippen molar-refractivity contribution in [3.8, 4) is 5.75 Å². The number of hydrogen-bond acceptors (Lipinski definition) is 6. The minimum absolute atomic E-state index is 0.0307. The summed E-state index contributed by atoms with van der Waals surface area (Å²) in [6, 6.07) is 15.3. The van der Waals surface area contributed by atoms with Crippen molar-refractivity contribution in [2.75, 3.05) is 12.4 Å². The lowest BCUT2D eigenvalue weighted by molar-refractivity contribution is 0.102. The first kappa shape index (κ1) is 19.1. The van der Waals surface area contributed by atoms with Crippen molar-refractivity contribution in [2.24, 2.45) is 0 Å². The van der Waals surface area contributed by atoms with Gasteiger partial charge in [0, 0.05) is 17.8 Å². The van der Waals surface area contributed by atoms with Crippen molar-refractivity contribution < 1.29 is 9.53 Å². The monoisotopic (exact) mass is 392 g/mol. The van der Waals surface area contributed by atoms with Crippen LogP contribution in [0.3, 0.4) is 0 Å². The van der Waals surface area contributed by atoms with Crippen LogP contribution in [0.4, 0.5) is 5.69 Å². The molecule has 1 aromatic heterocycles. The molecule has 1 aliphatic rings. The van der Waals surface area contributed by atoms with Crippen molar-refractivity contribution in [1.29, 1.82) is 0 Å². The Hall–Kier alpha value is -3.26. The van der Waals surface area contributed by atoms with Crippen molar-refractivity contribution in [3.05, 3.63) is 65.5 Å². The Morgan fingerprint density at radius 3 is 2.76 bits per heavy atom. The number of nitrogens with zero attached hydrogens (tertiary/aromatic N) is 4. The van der Waals surface area contributed by atoms with Crippen LogP contribution in [0.2, 0.25) is 0 Å². The summed E-state index contributed by atoms with van der Waals surface area (Å²) in [6.07, 6.45) is 2.28. The van der Waals surface area contributed by atoms with Crippen LogP contribution in [0.5, 0.6) is 5.75 Å². The highest BCUT2D eigenvalue weighted by molar-refractivity contribution is 6.04. The van der Waals surface area contributed by atoms with Crippen LogP contribution in [0.1, 0.15) is 53.6 Å². The molecule has 2 N–H and O–H groups in total. The van der Waals surface area contributed by atoms with Crippen molar-refractivity contribution in [3.63, 3.8) is 0 Å². The molecule has 8 heteroatoms. The maximum atomic E-state index is 12.5. The molecule has 29 heavy (non-hydrogen) atoms. The molecular formula is C21H24N6O2. The van der Waals surface area contributed by atoms with E-state index in [0.717, 1.165) is 35.7 Å². The van der Waals surface area contributed by atoms with Crippen molar-refractivity contribution >= 4 is 11.6 Å². The van der Waals surface area contributed by atoms with E-state index in [1.807, 2.05) is 28.9 Å². The molecular weight excluding hydrogens is 368 g/mol. The zero-order chi connectivity index (χ0) is 20.2. The fourth-order valence-electron chi connectivity index (χ4n) is 3.13. The van der Waals surface area contributed by atoms with Gasteiger partial charge in [0.05, 0.1) is 19.2 Å². The number of aromatic nitrogens is 4. The second kappa shape index (κ2) is 8.40. The zero-order valence-corrected chi connectivity index (χ0v) is 16.5. The molecule has 0 aliphatic heterocycles. The number of hydrogen-bond donors (Lipinski definition) is 2. The number of amides is 1. The van der Waals surface area contributed by atoms with Gasteiger partial charge in [-0.2, -0.15) is 0 Å². The summed E-state index contributed by atoms with van der Waals surface area (Å²) < 4.78 is 7.05. The topological polar surface area (TPSA) is 94.0 Å². The van der Waals surface area contributed by atoms with E-state index in [1.54, 1.807) is 31.4 Å². The molecule has 0 saturated heterocycles. The second-order valence-corrected chi connectivity index (χ2v) is 7.20. The maximum absolute atomic E-state index is 12.5. The molecule has 8 nitrogen and oxygen atoms in total. The fraction of sp³-hybridized carbons (Fsp3) is 0.333. The van der Waals surface area contributed by atoms with Gasteiger partial charge in [0.15, 0.2) is 5.82 Å². The molecule has 4 rings (SSSR count). The highest BCUT2D eigenvalue weighted by Gasteiger charge is 2.29. The minimum atomic E-state index is -0.158. The number of nitrogens with one attached hydrogen (secondary N) is 2. The van der Waals surface area contributed by atoms with E-state index < -0.39 is 0 Å². The number of carbonyl (C=O) groups excluding carboxylic acids is 1. The molecule has 1 amide bonds. The number of carbonyl (C=O) groups is 1. The third-order valence-electron chi connectivity index (χ3n) is 4.95. The van der Waals surface area contributed by atoms with Gasteiger partial charge in [-0.05, 0) is 72.2 Å². The van der Waals surface area contributed by atoms with E-state index in [0.29, 0.717) is 18.2 Å². The van der Waals surface area contributed by atoms with Gasteiger partial charge in [-0.1, -0.05) is 12.1 Å². The molecule has 1 aliphatic carbocycles. The Kier molecular flexibility index (Phi) is 5.53. The zero-order valence-electron chi connectivity index (χ0n) is 16.5. The molecule has 1 heterocycles. The van der Waals surface area contributed by atoms with Crippen LogP contribution in [0.25, 0.3) is 0 Å². The standard InChI is InChI=1S/C21H24N6O2/c1-14(20-24-25-26-27(20)18-8-9-18)22-13-15-4-3-5-17(12-15)23-21(28)16-6-10-19(29-2)11-7-16/h3-7,10-12,14,18,22H,8-9,13H2,1-2H3,(H,23,28). The third kappa shape index (κ3) is 4.60. The Balaban J connectivity index is 1.36. The van der Waals surface area contributed by atoms with Crippen LogP contribution < -0.4 is 15.4 Å². The summed E-state index contributed by atoms with van der Waals surface area (Å²) in [6.45, 7) is 2.70. The van der Waals surface area contributed by atoms with Gasteiger partial charge in [0.1, 0.15) is 5.75 Å². The van der Waals surface area contributed by atoms with Crippen LogP contribution in [0, 0.1) is 0 Å². The molecule has 0 bridgehead atoms. The normalized spacial score (nSPS) is 14.4. The summed E-state index contributed by atoms with van der Waals surface area (Å²) in [5.74, 6) is 1.42. The summed E-state index contributed by atoms with van der Waals surface area (Å²) in [5, 5.41) is 18.5.